The van der Waals surface area contributed by atoms with Gasteiger partial charge in [0, 0.05) is 34.9 Å². The van der Waals surface area contributed by atoms with Crippen molar-refractivity contribution in [1.29, 1.82) is 0 Å². The van der Waals surface area contributed by atoms with Crippen molar-refractivity contribution < 1.29 is 33.3 Å². The Morgan fingerprint density at radius 2 is 1.76 bits per heavy atom. The van der Waals surface area contributed by atoms with Crippen LogP contribution in [-0.2, 0) is 14.3 Å². The highest BCUT2D eigenvalue weighted by Gasteiger charge is 2.63. The molecule has 0 amide bonds. The van der Waals surface area contributed by atoms with E-state index in [0.717, 1.165) is 5.56 Å². The summed E-state index contributed by atoms with van der Waals surface area (Å²) in [6.45, 7) is 3.56. The van der Waals surface area contributed by atoms with Gasteiger partial charge in [-0.25, -0.2) is 4.79 Å². The van der Waals surface area contributed by atoms with Crippen molar-refractivity contribution in [2.75, 3.05) is 21.3 Å². The van der Waals surface area contributed by atoms with Gasteiger partial charge in [0.2, 0.25) is 17.2 Å². The molecule has 192 valence electrons. The van der Waals surface area contributed by atoms with Crippen molar-refractivity contribution in [2.24, 2.45) is 5.92 Å². The van der Waals surface area contributed by atoms with E-state index in [2.05, 4.69) is 5.32 Å². The maximum atomic E-state index is 14.6. The van der Waals surface area contributed by atoms with E-state index in [1.807, 2.05) is 30.3 Å². The first-order valence-corrected chi connectivity index (χ1v) is 12.2. The molecule has 9 heteroatoms. The summed E-state index contributed by atoms with van der Waals surface area (Å²) in [5.74, 6) is -2.44. The number of carbonyl (C=O) groups is 3. The van der Waals surface area contributed by atoms with E-state index in [4.69, 9.17) is 30.5 Å². The number of fused-ring (bicyclic) bond motifs is 1. The number of dihydropyridines is 1. The molecule has 0 unspecified atom stereocenters. The van der Waals surface area contributed by atoms with Gasteiger partial charge in [0.25, 0.3) is 0 Å². The zero-order valence-corrected chi connectivity index (χ0v) is 21.8. The topological polar surface area (TPSA) is 100 Å². The Kier molecular flexibility index (Phi) is 6.02. The number of rotatable bonds is 4. The molecule has 0 saturated carbocycles. The minimum Gasteiger partial charge on any atom is -0.496 e. The molecule has 0 saturated heterocycles. The lowest BCUT2D eigenvalue weighted by atomic mass is 9.65. The summed E-state index contributed by atoms with van der Waals surface area (Å²) in [5.41, 5.74) is 0.749. The molecule has 8 nitrogen and oxygen atoms in total. The van der Waals surface area contributed by atoms with Crippen LogP contribution in [0.2, 0.25) is 5.02 Å². The van der Waals surface area contributed by atoms with E-state index >= 15 is 0 Å². The molecule has 3 aliphatic rings. The van der Waals surface area contributed by atoms with Gasteiger partial charge in [0.15, 0.2) is 5.75 Å². The molecule has 2 aromatic carbocycles. The van der Waals surface area contributed by atoms with E-state index in [9.17, 15) is 14.4 Å². The van der Waals surface area contributed by atoms with Gasteiger partial charge < -0.3 is 24.3 Å². The number of allylic oxidation sites excluding steroid dienone is 2. The zero-order valence-electron chi connectivity index (χ0n) is 21.1. The van der Waals surface area contributed by atoms with Crippen LogP contribution in [0.4, 0.5) is 0 Å². The number of methoxy groups -OCH3 is 3. The van der Waals surface area contributed by atoms with Crippen molar-refractivity contribution >= 4 is 29.1 Å². The molecule has 1 N–H and O–H groups in total. The fourth-order valence-corrected chi connectivity index (χ4v) is 5.90. The Balaban J connectivity index is 1.71. The van der Waals surface area contributed by atoms with Crippen molar-refractivity contribution in [3.05, 3.63) is 75.1 Å². The van der Waals surface area contributed by atoms with Crippen LogP contribution in [0.25, 0.3) is 0 Å². The fraction of sp³-hybridized carbons (Fsp3) is 0.321. The minimum absolute atomic E-state index is 0.0482. The summed E-state index contributed by atoms with van der Waals surface area (Å²) < 4.78 is 22.2. The number of esters is 1. The highest BCUT2D eigenvalue weighted by Crippen LogP contribution is 2.56. The molecule has 0 bridgehead atoms. The van der Waals surface area contributed by atoms with Crippen LogP contribution in [0.15, 0.2) is 58.9 Å². The number of halogens is 1. The second-order valence-corrected chi connectivity index (χ2v) is 9.67. The molecule has 0 fully saturated rings. The molecule has 0 radical (unpaired) electrons. The number of ether oxygens (including phenoxy) is 4. The van der Waals surface area contributed by atoms with Crippen LogP contribution in [0.3, 0.4) is 0 Å². The molecular weight excluding hydrogens is 498 g/mol. The largest absolute Gasteiger partial charge is 0.496 e. The zero-order chi connectivity index (χ0) is 26.6. The van der Waals surface area contributed by atoms with Gasteiger partial charge in [0.05, 0.1) is 26.9 Å². The standard InChI is InChI=1S/C28H26ClNO7/c1-13-11-16-21(20(15-9-7-6-8-10-15)19(14(2)30-16)27(33)36-5)25(31)28(13)26(32)22-17(34-3)12-18(35-4)23(29)24(22)37-28/h6-10,12-13,20,30H,11H2,1-5H3/t13-,20+,28+/m1/s1. The Morgan fingerprint density at radius 3 is 2.38 bits per heavy atom. The van der Waals surface area contributed by atoms with Crippen LogP contribution in [0, 0.1) is 5.92 Å². The maximum Gasteiger partial charge on any atom is 0.336 e. The first kappa shape index (κ1) is 24.9. The summed E-state index contributed by atoms with van der Waals surface area (Å²) in [6.07, 6.45) is 0.326. The first-order chi connectivity index (χ1) is 17.7. The number of ketones is 2. The number of nitrogens with one attached hydrogen (secondary N) is 1. The van der Waals surface area contributed by atoms with Gasteiger partial charge in [0.1, 0.15) is 22.1 Å². The van der Waals surface area contributed by atoms with Crippen LogP contribution in [0.1, 0.15) is 42.1 Å². The highest BCUT2D eigenvalue weighted by molar-refractivity contribution is 6.36. The van der Waals surface area contributed by atoms with Crippen molar-refractivity contribution in [3.8, 4) is 17.2 Å². The number of hydrogen-bond acceptors (Lipinski definition) is 8. The number of benzene rings is 2. The third-order valence-corrected chi connectivity index (χ3v) is 7.75. The van der Waals surface area contributed by atoms with Crippen molar-refractivity contribution in [3.63, 3.8) is 0 Å². The summed E-state index contributed by atoms with van der Waals surface area (Å²) in [6, 6.07) is 10.7. The second-order valence-electron chi connectivity index (χ2n) is 9.29. The van der Waals surface area contributed by atoms with E-state index in [1.54, 1.807) is 13.8 Å². The Bertz CT molecular complexity index is 1410. The third kappa shape index (κ3) is 3.39. The summed E-state index contributed by atoms with van der Waals surface area (Å²) in [7, 11) is 4.15. The SMILES string of the molecule is COC(=O)C1=C(C)NC2=C(C(=O)[C@@]3(Oc4c(Cl)c(OC)cc(OC)c4C3=O)[C@H](C)C2)[C@H]1c1ccccc1. The average Bonchev–Trinajstić information content (AvgIpc) is 3.22. The van der Waals surface area contributed by atoms with Crippen LogP contribution in [0.5, 0.6) is 17.2 Å². The van der Waals surface area contributed by atoms with E-state index in [-0.39, 0.29) is 27.8 Å². The number of hydrogen-bond donors (Lipinski definition) is 1. The lowest BCUT2D eigenvalue weighted by Gasteiger charge is -2.42. The first-order valence-electron chi connectivity index (χ1n) is 11.8. The van der Waals surface area contributed by atoms with Crippen molar-refractivity contribution in [1.82, 2.24) is 5.32 Å². The van der Waals surface area contributed by atoms with E-state index in [1.165, 1.54) is 27.4 Å². The van der Waals surface area contributed by atoms with Crippen LogP contribution >= 0.6 is 11.6 Å². The molecule has 2 heterocycles. The lowest BCUT2D eigenvalue weighted by molar-refractivity contribution is -0.136. The maximum absolute atomic E-state index is 14.6. The third-order valence-electron chi connectivity index (χ3n) is 7.39. The number of Topliss-reactive ketones (excluding diaryl/α,β-unsaturated/α-hetero) is 2. The summed E-state index contributed by atoms with van der Waals surface area (Å²) in [4.78, 5) is 41.6. The molecule has 1 spiro atoms. The molecule has 0 aromatic heterocycles. The molecule has 1 aliphatic carbocycles. The molecule has 2 aliphatic heterocycles. The Labute approximate surface area is 219 Å². The molecule has 3 atom stereocenters. The predicted octanol–water partition coefficient (Wildman–Crippen LogP) is 4.37. The summed E-state index contributed by atoms with van der Waals surface area (Å²) >= 11 is 6.55. The molecule has 5 rings (SSSR count). The number of carbonyl (C=O) groups excluding carboxylic acids is 3. The summed E-state index contributed by atoms with van der Waals surface area (Å²) in [5, 5.41) is 3.32. The second kappa shape index (κ2) is 8.95. The molecular formula is C28H26ClNO7. The van der Waals surface area contributed by atoms with Crippen LogP contribution < -0.4 is 19.5 Å². The van der Waals surface area contributed by atoms with E-state index in [0.29, 0.717) is 29.0 Å². The lowest BCUT2D eigenvalue weighted by Crippen LogP contribution is -2.58. The Morgan fingerprint density at radius 1 is 1.08 bits per heavy atom. The minimum atomic E-state index is -1.88. The molecule has 2 aromatic rings. The van der Waals surface area contributed by atoms with E-state index < -0.39 is 35.0 Å². The van der Waals surface area contributed by atoms with Crippen LogP contribution in [-0.4, -0.2) is 44.5 Å². The predicted molar refractivity (Wildman–Crippen MR) is 135 cm³/mol. The fourth-order valence-electron chi connectivity index (χ4n) is 5.63. The van der Waals surface area contributed by atoms with Gasteiger partial charge in [-0.2, -0.15) is 0 Å². The quantitative estimate of drug-likeness (QED) is 0.466. The normalized spacial score (nSPS) is 24.4. The Hall–Kier alpha value is -3.78. The molecule has 37 heavy (non-hydrogen) atoms. The van der Waals surface area contributed by atoms with Gasteiger partial charge in [-0.05, 0) is 18.9 Å². The van der Waals surface area contributed by atoms with Gasteiger partial charge in [-0.15, -0.1) is 0 Å². The highest BCUT2D eigenvalue weighted by atomic mass is 35.5. The average molecular weight is 524 g/mol. The van der Waals surface area contributed by atoms with Gasteiger partial charge >= 0.3 is 5.97 Å². The monoisotopic (exact) mass is 523 g/mol. The smallest absolute Gasteiger partial charge is 0.336 e. The van der Waals surface area contributed by atoms with Crippen molar-refractivity contribution in [2.45, 2.75) is 31.8 Å². The van der Waals surface area contributed by atoms with Gasteiger partial charge in [-0.3, -0.25) is 9.59 Å². The van der Waals surface area contributed by atoms with Gasteiger partial charge in [-0.1, -0.05) is 48.9 Å².